The van der Waals surface area contributed by atoms with Crippen LogP contribution in [0.2, 0.25) is 23.3 Å². The Hall–Kier alpha value is -3.09. The number of rotatable bonds is 2. The first-order valence-corrected chi connectivity index (χ1v) is 11.9. The van der Waals surface area contributed by atoms with Gasteiger partial charge in [0, 0.05) is 22.3 Å². The van der Waals surface area contributed by atoms with E-state index in [9.17, 15) is 0 Å². The quantitative estimate of drug-likeness (QED) is 0.388. The zero-order valence-electron chi connectivity index (χ0n) is 19.4. The van der Waals surface area contributed by atoms with Crippen LogP contribution in [-0.4, -0.2) is 13.4 Å². The summed E-state index contributed by atoms with van der Waals surface area (Å²) in [6, 6.07) is 25.8. The van der Waals surface area contributed by atoms with Gasteiger partial charge in [0.1, 0.15) is 0 Å². The van der Waals surface area contributed by atoms with Crippen molar-refractivity contribution in [2.45, 2.75) is 51.0 Å². The summed E-state index contributed by atoms with van der Waals surface area (Å²) in [7, 11) is 0. The Morgan fingerprint density at radius 3 is 0.844 bits per heavy atom. The Labute approximate surface area is 194 Å². The van der Waals surface area contributed by atoms with Gasteiger partial charge in [-0.25, -0.2) is 0 Å². The zero-order chi connectivity index (χ0) is 22.2. The Kier molecular flexibility index (Phi) is 5.49. The number of hydrogen-bond acceptors (Lipinski definition) is 0. The summed E-state index contributed by atoms with van der Waals surface area (Å²) in [5.41, 5.74) is 7.06. The molecule has 2 heterocycles. The standard InChI is InChI=1S/C30H28B2/c1-21-22(2)31(21)29-17-13-27(14-18-29)11-9-25-5-7-26(8-6-25)10-12-28-15-19-30(20-16-28)32-23(3)24(32)4/h5-8,13-24H,1-4H3. The van der Waals surface area contributed by atoms with Crippen molar-refractivity contribution in [2.75, 3.05) is 0 Å². The normalized spacial score (nSPS) is 23.0. The first-order valence-electron chi connectivity index (χ1n) is 11.9. The first kappa shape index (κ1) is 20.8. The summed E-state index contributed by atoms with van der Waals surface area (Å²) < 4.78 is 0. The third-order valence-electron chi connectivity index (χ3n) is 7.82. The molecule has 0 spiro atoms. The lowest BCUT2D eigenvalue weighted by molar-refractivity contribution is 1.02. The van der Waals surface area contributed by atoms with Crippen LogP contribution < -0.4 is 10.9 Å². The maximum absolute atomic E-state index is 3.29. The van der Waals surface area contributed by atoms with Crippen molar-refractivity contribution < 1.29 is 0 Å². The second kappa shape index (κ2) is 8.45. The molecule has 32 heavy (non-hydrogen) atoms. The van der Waals surface area contributed by atoms with E-state index in [-0.39, 0.29) is 0 Å². The van der Waals surface area contributed by atoms with E-state index in [1.807, 2.05) is 0 Å². The summed E-state index contributed by atoms with van der Waals surface area (Å²) in [4.78, 5) is 0. The topological polar surface area (TPSA) is 0 Å². The minimum atomic E-state index is 0.731. The summed E-state index contributed by atoms with van der Waals surface area (Å²) in [5.74, 6) is 16.4. The van der Waals surface area contributed by atoms with Gasteiger partial charge in [-0.3, -0.25) is 0 Å². The van der Waals surface area contributed by atoms with Gasteiger partial charge in [-0.15, -0.1) is 0 Å². The largest absolute Gasteiger partial charge is 0.180 e. The molecule has 0 saturated carbocycles. The van der Waals surface area contributed by atoms with Crippen LogP contribution in [0.15, 0.2) is 72.8 Å². The van der Waals surface area contributed by atoms with Crippen LogP contribution in [0.4, 0.5) is 0 Å². The van der Waals surface area contributed by atoms with Crippen LogP contribution in [0, 0.1) is 23.7 Å². The van der Waals surface area contributed by atoms with E-state index < -0.39 is 0 Å². The molecule has 0 N–H and O–H groups in total. The molecular formula is C30H28B2. The monoisotopic (exact) mass is 410 g/mol. The van der Waals surface area contributed by atoms with Crippen molar-refractivity contribution in [3.8, 4) is 23.7 Å². The van der Waals surface area contributed by atoms with Crippen molar-refractivity contribution in [1.82, 2.24) is 0 Å². The smallest absolute Gasteiger partial charge is 0.0794 e. The fourth-order valence-electron chi connectivity index (χ4n) is 5.04. The molecule has 3 aromatic rings. The Morgan fingerprint density at radius 1 is 0.406 bits per heavy atom. The molecule has 3 aromatic carbocycles. The minimum Gasteiger partial charge on any atom is -0.0794 e. The molecule has 2 aliphatic rings. The minimum absolute atomic E-state index is 0.731. The lowest BCUT2D eigenvalue weighted by Gasteiger charge is -1.98. The molecule has 0 bridgehead atoms. The lowest BCUT2D eigenvalue weighted by atomic mass is 9.59. The van der Waals surface area contributed by atoms with Crippen LogP contribution in [0.3, 0.4) is 0 Å². The Morgan fingerprint density at radius 2 is 0.625 bits per heavy atom. The average Bonchev–Trinajstić information content (AvgIpc) is 3.65. The highest BCUT2D eigenvalue weighted by molar-refractivity contribution is 6.86. The number of hydrogen-bond donors (Lipinski definition) is 0. The van der Waals surface area contributed by atoms with Crippen molar-refractivity contribution in [3.05, 3.63) is 95.1 Å². The summed E-state index contributed by atoms with van der Waals surface area (Å²) in [6.07, 6.45) is 0. The highest BCUT2D eigenvalue weighted by atomic mass is 14.2. The van der Waals surface area contributed by atoms with E-state index >= 15 is 0 Å². The van der Waals surface area contributed by atoms with Gasteiger partial charge in [0.2, 0.25) is 0 Å². The molecule has 5 rings (SSSR count). The molecule has 4 atom stereocenters. The van der Waals surface area contributed by atoms with Gasteiger partial charge in [-0.2, -0.15) is 0 Å². The van der Waals surface area contributed by atoms with E-state index in [1.165, 1.54) is 10.9 Å². The molecule has 0 amide bonds. The van der Waals surface area contributed by atoms with E-state index in [0.717, 1.165) is 58.9 Å². The molecule has 2 aliphatic heterocycles. The van der Waals surface area contributed by atoms with Crippen molar-refractivity contribution in [3.63, 3.8) is 0 Å². The second-order valence-corrected chi connectivity index (χ2v) is 9.81. The van der Waals surface area contributed by atoms with Crippen LogP contribution in [-0.2, 0) is 0 Å². The third kappa shape index (κ3) is 4.29. The summed E-state index contributed by atoms with van der Waals surface area (Å²) in [5, 5.41) is 0. The molecule has 0 aromatic heterocycles. The lowest BCUT2D eigenvalue weighted by Crippen LogP contribution is -2.16. The number of benzene rings is 3. The predicted octanol–water partition coefficient (Wildman–Crippen LogP) is 5.48. The van der Waals surface area contributed by atoms with E-state index in [4.69, 9.17) is 0 Å². The van der Waals surface area contributed by atoms with Crippen molar-refractivity contribution >= 4 is 24.4 Å². The van der Waals surface area contributed by atoms with Crippen molar-refractivity contribution in [1.29, 1.82) is 0 Å². The Bertz CT molecular complexity index is 1110. The van der Waals surface area contributed by atoms with E-state index in [1.54, 1.807) is 0 Å². The molecule has 2 fully saturated rings. The molecule has 2 heteroatoms. The van der Waals surface area contributed by atoms with Crippen LogP contribution in [0.5, 0.6) is 0 Å². The van der Waals surface area contributed by atoms with E-state index in [0.29, 0.717) is 0 Å². The molecule has 4 unspecified atom stereocenters. The molecule has 2 saturated heterocycles. The zero-order valence-corrected chi connectivity index (χ0v) is 19.4. The van der Waals surface area contributed by atoms with Gasteiger partial charge in [0.15, 0.2) is 13.4 Å². The SMILES string of the molecule is CC1B(c2ccc(C#Cc3ccc(C#Cc4ccc(B5C(C)C5C)cc4)cc3)cc2)C1C. The highest BCUT2D eigenvalue weighted by Crippen LogP contribution is 2.48. The van der Waals surface area contributed by atoms with Gasteiger partial charge >= 0.3 is 0 Å². The van der Waals surface area contributed by atoms with E-state index in [2.05, 4.69) is 124 Å². The van der Waals surface area contributed by atoms with Gasteiger partial charge < -0.3 is 0 Å². The summed E-state index contributed by atoms with van der Waals surface area (Å²) in [6.45, 7) is 10.8. The molecule has 0 aliphatic carbocycles. The highest BCUT2D eigenvalue weighted by Gasteiger charge is 2.47. The van der Waals surface area contributed by atoms with Crippen molar-refractivity contribution in [2.24, 2.45) is 0 Å². The average molecular weight is 410 g/mol. The molecular weight excluding hydrogens is 382 g/mol. The molecule has 0 radical (unpaired) electrons. The van der Waals surface area contributed by atoms with Crippen LogP contribution in [0.25, 0.3) is 0 Å². The van der Waals surface area contributed by atoms with Gasteiger partial charge in [-0.05, 0) is 48.5 Å². The summed E-state index contributed by atoms with van der Waals surface area (Å²) >= 11 is 0. The maximum atomic E-state index is 3.29. The Balaban J connectivity index is 1.21. The fourth-order valence-corrected chi connectivity index (χ4v) is 5.04. The second-order valence-electron chi connectivity index (χ2n) is 9.81. The first-order chi connectivity index (χ1) is 15.5. The van der Waals surface area contributed by atoms with Gasteiger partial charge in [0.25, 0.3) is 0 Å². The van der Waals surface area contributed by atoms with Gasteiger partial charge in [-0.1, -0.05) is 110 Å². The third-order valence-corrected chi connectivity index (χ3v) is 7.82. The molecule has 0 nitrogen and oxygen atoms in total. The van der Waals surface area contributed by atoms with Crippen LogP contribution >= 0.6 is 0 Å². The molecule has 154 valence electrons. The van der Waals surface area contributed by atoms with Crippen LogP contribution in [0.1, 0.15) is 49.9 Å². The maximum Gasteiger partial charge on any atom is 0.180 e. The predicted molar refractivity (Wildman–Crippen MR) is 140 cm³/mol. The van der Waals surface area contributed by atoms with Gasteiger partial charge in [0.05, 0.1) is 0 Å². The fraction of sp³-hybridized carbons (Fsp3) is 0.267.